The monoisotopic (exact) mass is 492 g/mol. The predicted octanol–water partition coefficient (Wildman–Crippen LogP) is 6.16. The predicted molar refractivity (Wildman–Crippen MR) is 139 cm³/mol. The van der Waals surface area contributed by atoms with Crippen LogP contribution in [-0.4, -0.2) is 25.0 Å². The fourth-order valence-electron chi connectivity index (χ4n) is 4.28. The SMILES string of the molecule is CCC(C)Oc1cc2c(cc1OC)CC(=O)N(c1ccc(NC(C)=O)cc1)C2c1ccc(Cl)cc1. The van der Waals surface area contributed by atoms with Gasteiger partial charge in [0, 0.05) is 23.3 Å². The summed E-state index contributed by atoms with van der Waals surface area (Å²) in [6, 6.07) is 18.3. The number of carbonyl (C=O) groups excluding carboxylic acids is 2. The van der Waals surface area contributed by atoms with Gasteiger partial charge in [-0.25, -0.2) is 0 Å². The molecular formula is C28H29ClN2O4. The largest absolute Gasteiger partial charge is 0.493 e. The summed E-state index contributed by atoms with van der Waals surface area (Å²) in [4.78, 5) is 26.8. The number of rotatable bonds is 7. The first kappa shape index (κ1) is 24.6. The number of ether oxygens (including phenoxy) is 2. The minimum absolute atomic E-state index is 0.0126. The standard InChI is InChI=1S/C28H29ClN2O4/c1-5-17(2)35-26-16-24-20(14-25(26)34-4)15-27(33)31(28(24)19-6-8-21(29)9-7-19)23-12-10-22(11-13-23)30-18(3)32/h6-14,16-17,28H,5,15H2,1-4H3,(H,30,32). The Morgan fingerprint density at radius 2 is 1.80 bits per heavy atom. The van der Waals surface area contributed by atoms with Gasteiger partial charge in [-0.05, 0) is 78.6 Å². The molecule has 3 aromatic rings. The first-order valence-corrected chi connectivity index (χ1v) is 12.0. The molecule has 0 aliphatic carbocycles. The Bertz CT molecular complexity index is 1220. The van der Waals surface area contributed by atoms with Gasteiger partial charge in [0.15, 0.2) is 11.5 Å². The van der Waals surface area contributed by atoms with E-state index in [4.69, 9.17) is 21.1 Å². The van der Waals surface area contributed by atoms with Crippen molar-refractivity contribution in [2.24, 2.45) is 0 Å². The Morgan fingerprint density at radius 3 is 2.40 bits per heavy atom. The number of benzene rings is 3. The molecule has 0 fully saturated rings. The number of hydrogen-bond donors (Lipinski definition) is 1. The number of methoxy groups -OCH3 is 1. The van der Waals surface area contributed by atoms with Crippen molar-refractivity contribution in [3.63, 3.8) is 0 Å². The third-order valence-corrected chi connectivity index (χ3v) is 6.40. The summed E-state index contributed by atoms with van der Waals surface area (Å²) >= 11 is 6.18. The minimum Gasteiger partial charge on any atom is -0.493 e. The molecule has 2 amide bonds. The van der Waals surface area contributed by atoms with Gasteiger partial charge in [-0.15, -0.1) is 0 Å². The van der Waals surface area contributed by atoms with Gasteiger partial charge in [0.05, 0.1) is 25.7 Å². The maximum atomic E-state index is 13.5. The van der Waals surface area contributed by atoms with E-state index in [1.807, 2.05) is 55.5 Å². The average Bonchev–Trinajstić information content (AvgIpc) is 2.84. The van der Waals surface area contributed by atoms with Crippen molar-refractivity contribution in [2.75, 3.05) is 17.3 Å². The number of nitrogens with zero attached hydrogens (tertiary/aromatic N) is 1. The van der Waals surface area contributed by atoms with Crippen molar-refractivity contribution < 1.29 is 19.1 Å². The first-order chi connectivity index (χ1) is 16.8. The topological polar surface area (TPSA) is 67.9 Å². The van der Waals surface area contributed by atoms with E-state index in [1.165, 1.54) is 6.92 Å². The molecule has 0 aromatic heterocycles. The van der Waals surface area contributed by atoms with Crippen LogP contribution >= 0.6 is 11.6 Å². The van der Waals surface area contributed by atoms with Gasteiger partial charge in [-0.3, -0.25) is 9.59 Å². The minimum atomic E-state index is -0.389. The zero-order chi connectivity index (χ0) is 25.1. The molecule has 0 saturated carbocycles. The molecule has 1 heterocycles. The number of anilines is 2. The molecule has 7 heteroatoms. The van der Waals surface area contributed by atoms with E-state index in [9.17, 15) is 9.59 Å². The van der Waals surface area contributed by atoms with Gasteiger partial charge in [0.25, 0.3) is 0 Å². The fourth-order valence-corrected chi connectivity index (χ4v) is 4.41. The van der Waals surface area contributed by atoms with Gasteiger partial charge in [-0.1, -0.05) is 30.7 Å². The summed E-state index contributed by atoms with van der Waals surface area (Å²) < 4.78 is 11.8. The molecule has 6 nitrogen and oxygen atoms in total. The molecule has 1 N–H and O–H groups in total. The lowest BCUT2D eigenvalue weighted by Gasteiger charge is -2.38. The molecule has 1 aliphatic heterocycles. The molecule has 3 aromatic carbocycles. The number of halogens is 1. The molecule has 4 rings (SSSR count). The van der Waals surface area contributed by atoms with Crippen LogP contribution < -0.4 is 19.7 Å². The Kier molecular flexibility index (Phi) is 7.31. The summed E-state index contributed by atoms with van der Waals surface area (Å²) in [5.41, 5.74) is 4.19. The molecule has 2 unspecified atom stereocenters. The molecule has 0 spiro atoms. The molecule has 2 atom stereocenters. The zero-order valence-electron chi connectivity index (χ0n) is 20.3. The third kappa shape index (κ3) is 5.28. The zero-order valence-corrected chi connectivity index (χ0v) is 21.1. The normalized spacial score (nSPS) is 15.9. The van der Waals surface area contributed by atoms with Crippen LogP contribution in [0.3, 0.4) is 0 Å². The highest BCUT2D eigenvalue weighted by molar-refractivity contribution is 6.30. The quantitative estimate of drug-likeness (QED) is 0.428. The Hall–Kier alpha value is -3.51. The molecular weight excluding hydrogens is 464 g/mol. The van der Waals surface area contributed by atoms with Gasteiger partial charge >= 0.3 is 0 Å². The molecule has 0 radical (unpaired) electrons. The summed E-state index contributed by atoms with van der Waals surface area (Å²) in [6.45, 7) is 5.54. The summed E-state index contributed by atoms with van der Waals surface area (Å²) in [7, 11) is 1.61. The van der Waals surface area contributed by atoms with E-state index in [-0.39, 0.29) is 30.4 Å². The Balaban J connectivity index is 1.85. The van der Waals surface area contributed by atoms with Crippen LogP contribution in [0.5, 0.6) is 11.5 Å². The van der Waals surface area contributed by atoms with Gasteiger partial charge < -0.3 is 19.7 Å². The van der Waals surface area contributed by atoms with Crippen molar-refractivity contribution in [1.82, 2.24) is 0 Å². The van der Waals surface area contributed by atoms with Crippen LogP contribution in [0.1, 0.15) is 49.9 Å². The highest BCUT2D eigenvalue weighted by Gasteiger charge is 2.36. The van der Waals surface area contributed by atoms with Crippen LogP contribution in [-0.2, 0) is 16.0 Å². The lowest BCUT2D eigenvalue weighted by molar-refractivity contribution is -0.118. The Morgan fingerprint density at radius 1 is 1.11 bits per heavy atom. The van der Waals surface area contributed by atoms with Gasteiger partial charge in [-0.2, -0.15) is 0 Å². The molecule has 35 heavy (non-hydrogen) atoms. The van der Waals surface area contributed by atoms with E-state index in [1.54, 1.807) is 24.1 Å². The smallest absolute Gasteiger partial charge is 0.232 e. The van der Waals surface area contributed by atoms with Crippen LogP contribution in [0.2, 0.25) is 5.02 Å². The number of hydrogen-bond acceptors (Lipinski definition) is 4. The van der Waals surface area contributed by atoms with Crippen molar-refractivity contribution >= 4 is 34.8 Å². The molecule has 1 aliphatic rings. The summed E-state index contributed by atoms with van der Waals surface area (Å²) in [5.74, 6) is 1.07. The maximum absolute atomic E-state index is 13.5. The third-order valence-electron chi connectivity index (χ3n) is 6.14. The first-order valence-electron chi connectivity index (χ1n) is 11.6. The summed E-state index contributed by atoms with van der Waals surface area (Å²) in [6.07, 6.45) is 1.09. The van der Waals surface area contributed by atoms with Crippen molar-refractivity contribution in [2.45, 2.75) is 45.8 Å². The number of nitrogens with one attached hydrogen (secondary N) is 1. The fraction of sp³-hybridized carbons (Fsp3) is 0.286. The van der Waals surface area contributed by atoms with Crippen LogP contribution in [0, 0.1) is 0 Å². The second kappa shape index (κ2) is 10.4. The second-order valence-electron chi connectivity index (χ2n) is 8.66. The van der Waals surface area contributed by atoms with E-state index >= 15 is 0 Å². The van der Waals surface area contributed by atoms with Gasteiger partial charge in [0.2, 0.25) is 11.8 Å². The highest BCUT2D eigenvalue weighted by Crippen LogP contribution is 2.44. The van der Waals surface area contributed by atoms with E-state index in [0.29, 0.717) is 22.2 Å². The highest BCUT2D eigenvalue weighted by atomic mass is 35.5. The van der Waals surface area contributed by atoms with E-state index < -0.39 is 0 Å². The summed E-state index contributed by atoms with van der Waals surface area (Å²) in [5, 5.41) is 3.39. The number of fused-ring (bicyclic) bond motifs is 1. The molecule has 0 bridgehead atoms. The van der Waals surface area contributed by atoms with Crippen molar-refractivity contribution in [3.8, 4) is 11.5 Å². The number of carbonyl (C=O) groups is 2. The molecule has 182 valence electrons. The van der Waals surface area contributed by atoms with Crippen molar-refractivity contribution in [3.05, 3.63) is 82.4 Å². The van der Waals surface area contributed by atoms with Crippen LogP contribution in [0.4, 0.5) is 11.4 Å². The molecule has 0 saturated heterocycles. The lowest BCUT2D eigenvalue weighted by atomic mass is 9.86. The average molecular weight is 493 g/mol. The van der Waals surface area contributed by atoms with E-state index in [0.717, 1.165) is 28.8 Å². The van der Waals surface area contributed by atoms with E-state index in [2.05, 4.69) is 12.2 Å². The van der Waals surface area contributed by atoms with Crippen LogP contribution in [0.15, 0.2) is 60.7 Å². The maximum Gasteiger partial charge on any atom is 0.232 e. The lowest BCUT2D eigenvalue weighted by Crippen LogP contribution is -2.41. The van der Waals surface area contributed by atoms with Gasteiger partial charge in [0.1, 0.15) is 0 Å². The Labute approximate surface area is 210 Å². The number of amides is 2. The second-order valence-corrected chi connectivity index (χ2v) is 9.10. The van der Waals surface area contributed by atoms with Crippen LogP contribution in [0.25, 0.3) is 0 Å². The van der Waals surface area contributed by atoms with Crippen molar-refractivity contribution in [1.29, 1.82) is 0 Å².